The predicted octanol–water partition coefficient (Wildman–Crippen LogP) is 1.45. The van der Waals surface area contributed by atoms with Gasteiger partial charge in [-0.1, -0.05) is 13.8 Å². The van der Waals surface area contributed by atoms with Crippen molar-refractivity contribution in [1.82, 2.24) is 9.78 Å². The largest absolute Gasteiger partial charge is 0.367 e. The second-order valence-corrected chi connectivity index (χ2v) is 3.86. The number of hydrogen-bond donors (Lipinski definition) is 1. The second kappa shape index (κ2) is 5.28. The molecule has 0 unspecified atom stereocenters. The Labute approximate surface area is 91.4 Å². The van der Waals surface area contributed by atoms with E-state index >= 15 is 0 Å². The molecule has 1 heterocycles. The van der Waals surface area contributed by atoms with Gasteiger partial charge in [-0.05, 0) is 18.9 Å². The van der Waals surface area contributed by atoms with Gasteiger partial charge in [0.1, 0.15) is 0 Å². The zero-order valence-electron chi connectivity index (χ0n) is 9.86. The lowest BCUT2D eigenvalue weighted by atomic mass is 9.97. The van der Waals surface area contributed by atoms with Gasteiger partial charge in [-0.3, -0.25) is 4.68 Å². The van der Waals surface area contributed by atoms with Crippen LogP contribution >= 0.6 is 0 Å². The molecule has 4 heteroatoms. The van der Waals surface area contributed by atoms with Crippen LogP contribution in [0.15, 0.2) is 12.3 Å². The third-order valence-corrected chi connectivity index (χ3v) is 2.96. The van der Waals surface area contributed by atoms with E-state index in [-0.39, 0.29) is 5.60 Å². The normalized spacial score (nSPS) is 12.0. The first-order chi connectivity index (χ1) is 7.15. The van der Waals surface area contributed by atoms with Crippen molar-refractivity contribution in [3.63, 3.8) is 0 Å². The molecule has 1 aromatic heterocycles. The number of nitrogens with two attached hydrogens (primary N) is 1. The molecule has 0 amide bonds. The highest BCUT2D eigenvalue weighted by Crippen LogP contribution is 2.20. The van der Waals surface area contributed by atoms with E-state index in [1.54, 1.807) is 4.68 Å². The van der Waals surface area contributed by atoms with Crippen LogP contribution in [0.3, 0.4) is 0 Å². The Balaban J connectivity index is 2.54. The van der Waals surface area contributed by atoms with Crippen LogP contribution in [0.4, 0.5) is 0 Å². The van der Waals surface area contributed by atoms with E-state index in [1.807, 2.05) is 19.3 Å². The third-order valence-electron chi connectivity index (χ3n) is 2.96. The van der Waals surface area contributed by atoms with Gasteiger partial charge in [-0.25, -0.2) is 0 Å². The molecule has 0 aliphatic heterocycles. The van der Waals surface area contributed by atoms with Gasteiger partial charge in [0, 0.05) is 19.8 Å². The van der Waals surface area contributed by atoms with Crippen LogP contribution in [0.1, 0.15) is 32.4 Å². The molecule has 86 valence electrons. The van der Waals surface area contributed by atoms with Crippen molar-refractivity contribution in [3.05, 3.63) is 18.0 Å². The third kappa shape index (κ3) is 3.04. The Hall–Kier alpha value is -0.870. The fourth-order valence-corrected chi connectivity index (χ4v) is 1.57. The monoisotopic (exact) mass is 211 g/mol. The molecule has 0 aliphatic rings. The van der Waals surface area contributed by atoms with Crippen molar-refractivity contribution >= 4 is 0 Å². The Kier molecular flexibility index (Phi) is 4.29. The summed E-state index contributed by atoms with van der Waals surface area (Å²) in [6, 6.07) is 1.96. The van der Waals surface area contributed by atoms with Gasteiger partial charge in [-0.2, -0.15) is 5.10 Å². The quantitative estimate of drug-likeness (QED) is 0.775. The first kappa shape index (κ1) is 12.2. The zero-order chi connectivity index (χ0) is 11.3. The van der Waals surface area contributed by atoms with E-state index < -0.39 is 0 Å². The second-order valence-electron chi connectivity index (χ2n) is 3.86. The van der Waals surface area contributed by atoms with E-state index in [0.717, 1.165) is 18.5 Å². The summed E-state index contributed by atoms with van der Waals surface area (Å²) in [5, 5.41) is 4.27. The van der Waals surface area contributed by atoms with Gasteiger partial charge >= 0.3 is 0 Å². The van der Waals surface area contributed by atoms with Gasteiger partial charge in [0.15, 0.2) is 0 Å². The maximum Gasteiger partial charge on any atom is 0.0914 e. The lowest BCUT2D eigenvalue weighted by Crippen LogP contribution is -2.39. The Bertz CT molecular complexity index is 284. The van der Waals surface area contributed by atoms with Gasteiger partial charge in [-0.15, -0.1) is 0 Å². The molecule has 0 aliphatic carbocycles. The van der Waals surface area contributed by atoms with E-state index in [9.17, 15) is 0 Å². The van der Waals surface area contributed by atoms with Crippen LogP contribution in [0.2, 0.25) is 0 Å². The summed E-state index contributed by atoms with van der Waals surface area (Å²) in [5.41, 5.74) is 6.52. The zero-order valence-corrected chi connectivity index (χ0v) is 9.86. The van der Waals surface area contributed by atoms with Crippen LogP contribution in [-0.4, -0.2) is 21.9 Å². The highest BCUT2D eigenvalue weighted by Gasteiger charge is 2.25. The molecule has 0 spiro atoms. The molecule has 0 saturated heterocycles. The number of ether oxygens (including phenoxy) is 1. The average Bonchev–Trinajstić information content (AvgIpc) is 2.67. The van der Waals surface area contributed by atoms with Crippen LogP contribution < -0.4 is 5.73 Å². The molecule has 0 aromatic carbocycles. The van der Waals surface area contributed by atoms with E-state index in [1.165, 1.54) is 0 Å². The van der Waals surface area contributed by atoms with E-state index in [2.05, 4.69) is 18.9 Å². The van der Waals surface area contributed by atoms with Crippen molar-refractivity contribution < 1.29 is 4.74 Å². The Morgan fingerprint density at radius 1 is 1.47 bits per heavy atom. The molecule has 2 N–H and O–H groups in total. The number of hydrogen-bond acceptors (Lipinski definition) is 3. The fraction of sp³-hybridized carbons (Fsp3) is 0.727. The van der Waals surface area contributed by atoms with Gasteiger partial charge in [0.2, 0.25) is 0 Å². The van der Waals surface area contributed by atoms with Crippen LogP contribution in [0, 0.1) is 0 Å². The summed E-state index contributed by atoms with van der Waals surface area (Å²) >= 11 is 0. The first-order valence-electron chi connectivity index (χ1n) is 5.48. The summed E-state index contributed by atoms with van der Waals surface area (Å²) in [7, 11) is 1.90. The molecular weight excluding hydrogens is 190 g/mol. The maximum absolute atomic E-state index is 5.88. The SMILES string of the molecule is CCC(CC)(CN)OCc1ccn(C)n1. The predicted molar refractivity (Wildman–Crippen MR) is 60.4 cm³/mol. The van der Waals surface area contributed by atoms with E-state index in [0.29, 0.717) is 13.2 Å². The van der Waals surface area contributed by atoms with Crippen molar-refractivity contribution in [2.24, 2.45) is 12.8 Å². The molecule has 1 aromatic rings. The molecular formula is C11H21N3O. The average molecular weight is 211 g/mol. The highest BCUT2D eigenvalue weighted by atomic mass is 16.5. The number of nitrogens with zero attached hydrogens (tertiary/aromatic N) is 2. The summed E-state index contributed by atoms with van der Waals surface area (Å²) in [6.07, 6.45) is 3.79. The molecule has 4 nitrogen and oxygen atoms in total. The topological polar surface area (TPSA) is 53.1 Å². The van der Waals surface area contributed by atoms with Crippen molar-refractivity contribution in [1.29, 1.82) is 0 Å². The molecule has 15 heavy (non-hydrogen) atoms. The minimum Gasteiger partial charge on any atom is -0.367 e. The van der Waals surface area contributed by atoms with Crippen LogP contribution in [-0.2, 0) is 18.4 Å². The molecule has 0 saturated carbocycles. The van der Waals surface area contributed by atoms with E-state index in [4.69, 9.17) is 10.5 Å². The molecule has 0 radical (unpaired) electrons. The first-order valence-corrected chi connectivity index (χ1v) is 5.48. The standard InChI is InChI=1S/C11H21N3O/c1-4-11(5-2,9-12)15-8-10-6-7-14(3)13-10/h6-7H,4-5,8-9,12H2,1-3H3. The van der Waals surface area contributed by atoms with Crippen LogP contribution in [0.5, 0.6) is 0 Å². The minimum absolute atomic E-state index is 0.183. The van der Waals surface area contributed by atoms with Gasteiger partial charge in [0.25, 0.3) is 0 Å². The number of aromatic nitrogens is 2. The molecule has 0 fully saturated rings. The van der Waals surface area contributed by atoms with Gasteiger partial charge < -0.3 is 10.5 Å². The Morgan fingerprint density at radius 2 is 2.13 bits per heavy atom. The van der Waals surface area contributed by atoms with Crippen molar-refractivity contribution in [2.45, 2.75) is 38.9 Å². The summed E-state index contributed by atoms with van der Waals surface area (Å²) < 4.78 is 7.65. The van der Waals surface area contributed by atoms with Crippen LogP contribution in [0.25, 0.3) is 0 Å². The summed E-state index contributed by atoms with van der Waals surface area (Å²) in [5.74, 6) is 0. The minimum atomic E-state index is -0.183. The molecule has 1 rings (SSSR count). The van der Waals surface area contributed by atoms with Crippen molar-refractivity contribution in [3.8, 4) is 0 Å². The summed E-state index contributed by atoms with van der Waals surface area (Å²) in [6.45, 7) is 5.32. The van der Waals surface area contributed by atoms with Crippen molar-refractivity contribution in [2.75, 3.05) is 6.54 Å². The molecule has 0 bridgehead atoms. The number of aryl methyl sites for hydroxylation is 1. The fourth-order valence-electron chi connectivity index (χ4n) is 1.57. The maximum atomic E-state index is 5.88. The van der Waals surface area contributed by atoms with Gasteiger partial charge in [0.05, 0.1) is 17.9 Å². The lowest BCUT2D eigenvalue weighted by Gasteiger charge is -2.30. The molecule has 0 atom stereocenters. The highest BCUT2D eigenvalue weighted by molar-refractivity contribution is 4.97. The summed E-state index contributed by atoms with van der Waals surface area (Å²) in [4.78, 5) is 0. The lowest BCUT2D eigenvalue weighted by molar-refractivity contribution is -0.0566. The smallest absolute Gasteiger partial charge is 0.0914 e. The number of rotatable bonds is 6. The Morgan fingerprint density at radius 3 is 2.53 bits per heavy atom.